The third-order valence-corrected chi connectivity index (χ3v) is 4.15. The lowest BCUT2D eigenvalue weighted by molar-refractivity contribution is -0.133. The highest BCUT2D eigenvalue weighted by molar-refractivity contribution is 5.76. The van der Waals surface area contributed by atoms with Gasteiger partial charge in [-0.2, -0.15) is 0 Å². The molecule has 1 unspecified atom stereocenters. The van der Waals surface area contributed by atoms with Crippen LogP contribution in [0.4, 0.5) is 0 Å². The Bertz CT molecular complexity index is 271. The van der Waals surface area contributed by atoms with Gasteiger partial charge in [0.25, 0.3) is 0 Å². The van der Waals surface area contributed by atoms with E-state index in [0.717, 1.165) is 32.4 Å². The molecular formula is C15H31N3O. The third-order valence-electron chi connectivity index (χ3n) is 4.15. The molecular weight excluding hydrogens is 238 g/mol. The number of rotatable bonds is 6. The summed E-state index contributed by atoms with van der Waals surface area (Å²) in [6.45, 7) is 6.81. The number of likely N-dealkylation sites (tertiary alicyclic amines) is 1. The van der Waals surface area contributed by atoms with Gasteiger partial charge in [-0.05, 0) is 51.7 Å². The van der Waals surface area contributed by atoms with Crippen LogP contribution in [0, 0.1) is 11.8 Å². The van der Waals surface area contributed by atoms with E-state index >= 15 is 0 Å². The molecule has 1 saturated heterocycles. The summed E-state index contributed by atoms with van der Waals surface area (Å²) >= 11 is 0. The smallest absolute Gasteiger partial charge is 0.222 e. The minimum atomic E-state index is 0.299. The molecule has 0 radical (unpaired) electrons. The number of carbonyl (C=O) groups is 1. The molecule has 1 rings (SSSR count). The van der Waals surface area contributed by atoms with Crippen LogP contribution in [-0.2, 0) is 4.79 Å². The first-order chi connectivity index (χ1) is 8.93. The predicted octanol–water partition coefficient (Wildman–Crippen LogP) is 1.55. The van der Waals surface area contributed by atoms with Crippen molar-refractivity contribution < 1.29 is 4.79 Å². The van der Waals surface area contributed by atoms with Crippen molar-refractivity contribution in [3.63, 3.8) is 0 Å². The van der Waals surface area contributed by atoms with Gasteiger partial charge in [0.15, 0.2) is 0 Å². The molecule has 0 aromatic rings. The van der Waals surface area contributed by atoms with Crippen LogP contribution < -0.4 is 5.73 Å². The van der Waals surface area contributed by atoms with Crippen molar-refractivity contribution in [2.75, 3.05) is 33.7 Å². The summed E-state index contributed by atoms with van der Waals surface area (Å²) < 4.78 is 0. The Labute approximate surface area is 118 Å². The first kappa shape index (κ1) is 16.4. The minimum absolute atomic E-state index is 0.299. The standard InChI is InChI=1S/C15H31N3O/c1-12(2)9-13(11-16)10-15(19)18-7-5-14(6-8-18)17(3)4/h12-14H,5-11,16H2,1-4H3. The van der Waals surface area contributed by atoms with E-state index in [9.17, 15) is 4.79 Å². The second-order valence-corrected chi connectivity index (χ2v) is 6.51. The molecule has 0 bridgehead atoms. The highest BCUT2D eigenvalue weighted by atomic mass is 16.2. The fraction of sp³-hybridized carbons (Fsp3) is 0.933. The fourth-order valence-electron chi connectivity index (χ4n) is 2.94. The number of piperidine rings is 1. The summed E-state index contributed by atoms with van der Waals surface area (Å²) in [5.41, 5.74) is 5.78. The van der Waals surface area contributed by atoms with Crippen molar-refractivity contribution in [2.24, 2.45) is 17.6 Å². The summed E-state index contributed by atoms with van der Waals surface area (Å²) in [7, 11) is 4.24. The second kappa shape index (κ2) is 7.85. The number of hydrogen-bond donors (Lipinski definition) is 1. The predicted molar refractivity (Wildman–Crippen MR) is 79.9 cm³/mol. The van der Waals surface area contributed by atoms with Crippen molar-refractivity contribution in [2.45, 2.75) is 45.6 Å². The molecule has 0 aliphatic carbocycles. The zero-order valence-electron chi connectivity index (χ0n) is 13.1. The monoisotopic (exact) mass is 269 g/mol. The number of amides is 1. The summed E-state index contributed by atoms with van der Waals surface area (Å²) in [6.07, 6.45) is 3.87. The lowest BCUT2D eigenvalue weighted by Gasteiger charge is -2.35. The topological polar surface area (TPSA) is 49.6 Å². The van der Waals surface area contributed by atoms with Crippen molar-refractivity contribution >= 4 is 5.91 Å². The average Bonchev–Trinajstić information content (AvgIpc) is 2.37. The lowest BCUT2D eigenvalue weighted by atomic mass is 9.93. The van der Waals surface area contributed by atoms with Crippen LogP contribution in [0.2, 0.25) is 0 Å². The maximum absolute atomic E-state index is 12.3. The quantitative estimate of drug-likeness (QED) is 0.796. The molecule has 1 aliphatic rings. The van der Waals surface area contributed by atoms with Crippen LogP contribution >= 0.6 is 0 Å². The molecule has 4 heteroatoms. The highest BCUT2D eigenvalue weighted by Crippen LogP contribution is 2.19. The Kier molecular flexibility index (Phi) is 6.80. The minimum Gasteiger partial charge on any atom is -0.343 e. The Balaban J connectivity index is 2.38. The van der Waals surface area contributed by atoms with Crippen molar-refractivity contribution in [3.8, 4) is 0 Å². The summed E-state index contributed by atoms with van der Waals surface area (Å²) in [5, 5.41) is 0. The van der Waals surface area contributed by atoms with Gasteiger partial charge in [0.05, 0.1) is 0 Å². The van der Waals surface area contributed by atoms with Crippen molar-refractivity contribution in [3.05, 3.63) is 0 Å². The van der Waals surface area contributed by atoms with Crippen LogP contribution in [0.15, 0.2) is 0 Å². The number of nitrogens with two attached hydrogens (primary N) is 1. The second-order valence-electron chi connectivity index (χ2n) is 6.51. The van der Waals surface area contributed by atoms with Crippen LogP contribution in [0.3, 0.4) is 0 Å². The fourth-order valence-corrected chi connectivity index (χ4v) is 2.94. The zero-order valence-corrected chi connectivity index (χ0v) is 13.1. The zero-order chi connectivity index (χ0) is 14.4. The maximum atomic E-state index is 12.3. The van der Waals surface area contributed by atoms with Crippen LogP contribution in [-0.4, -0.2) is 55.5 Å². The Hall–Kier alpha value is -0.610. The van der Waals surface area contributed by atoms with Gasteiger partial charge in [0, 0.05) is 25.6 Å². The lowest BCUT2D eigenvalue weighted by Crippen LogP contribution is -2.45. The molecule has 4 nitrogen and oxygen atoms in total. The van der Waals surface area contributed by atoms with Crippen LogP contribution in [0.1, 0.15) is 39.5 Å². The molecule has 0 spiro atoms. The van der Waals surface area contributed by atoms with E-state index in [-0.39, 0.29) is 0 Å². The number of carbonyl (C=O) groups excluding carboxylic acids is 1. The molecule has 2 N–H and O–H groups in total. The third kappa shape index (κ3) is 5.49. The van der Waals surface area contributed by atoms with Gasteiger partial charge in [-0.25, -0.2) is 0 Å². The summed E-state index contributed by atoms with van der Waals surface area (Å²) in [6, 6.07) is 0.630. The van der Waals surface area contributed by atoms with Gasteiger partial charge < -0.3 is 15.5 Å². The van der Waals surface area contributed by atoms with Gasteiger partial charge in [0.2, 0.25) is 5.91 Å². The van der Waals surface area contributed by atoms with E-state index in [1.165, 1.54) is 0 Å². The van der Waals surface area contributed by atoms with E-state index in [2.05, 4.69) is 32.8 Å². The van der Waals surface area contributed by atoms with E-state index in [1.54, 1.807) is 0 Å². The Morgan fingerprint density at radius 1 is 1.32 bits per heavy atom. The van der Waals surface area contributed by atoms with Crippen molar-refractivity contribution in [1.82, 2.24) is 9.80 Å². The molecule has 0 aromatic carbocycles. The molecule has 1 fully saturated rings. The summed E-state index contributed by atoms with van der Waals surface area (Å²) in [5.74, 6) is 1.26. The average molecular weight is 269 g/mol. The van der Waals surface area contributed by atoms with E-state index in [1.807, 2.05) is 4.90 Å². The van der Waals surface area contributed by atoms with Crippen LogP contribution in [0.25, 0.3) is 0 Å². The molecule has 1 atom stereocenters. The molecule has 112 valence electrons. The Morgan fingerprint density at radius 2 is 1.89 bits per heavy atom. The first-order valence-electron chi connectivity index (χ1n) is 7.58. The Morgan fingerprint density at radius 3 is 2.32 bits per heavy atom. The van der Waals surface area contributed by atoms with Gasteiger partial charge >= 0.3 is 0 Å². The van der Waals surface area contributed by atoms with Gasteiger partial charge in [-0.15, -0.1) is 0 Å². The molecule has 0 aromatic heterocycles. The largest absolute Gasteiger partial charge is 0.343 e. The molecule has 1 aliphatic heterocycles. The van der Waals surface area contributed by atoms with Crippen LogP contribution in [0.5, 0.6) is 0 Å². The maximum Gasteiger partial charge on any atom is 0.222 e. The molecule has 1 heterocycles. The van der Waals surface area contributed by atoms with Crippen molar-refractivity contribution in [1.29, 1.82) is 0 Å². The number of nitrogens with zero attached hydrogens (tertiary/aromatic N) is 2. The van der Waals surface area contributed by atoms with Gasteiger partial charge in [-0.3, -0.25) is 4.79 Å². The van der Waals surface area contributed by atoms with E-state index < -0.39 is 0 Å². The number of hydrogen-bond acceptors (Lipinski definition) is 3. The highest BCUT2D eigenvalue weighted by Gasteiger charge is 2.25. The molecule has 19 heavy (non-hydrogen) atoms. The van der Waals surface area contributed by atoms with E-state index in [0.29, 0.717) is 36.8 Å². The first-order valence-corrected chi connectivity index (χ1v) is 7.58. The van der Waals surface area contributed by atoms with E-state index in [4.69, 9.17) is 5.73 Å². The summed E-state index contributed by atoms with van der Waals surface area (Å²) in [4.78, 5) is 16.6. The molecule has 0 saturated carbocycles. The normalized spacial score (nSPS) is 19.2. The van der Waals surface area contributed by atoms with Gasteiger partial charge in [0.1, 0.15) is 0 Å². The van der Waals surface area contributed by atoms with Gasteiger partial charge in [-0.1, -0.05) is 13.8 Å². The molecule has 1 amide bonds. The SMILES string of the molecule is CC(C)CC(CN)CC(=O)N1CCC(N(C)C)CC1.